The molecule has 0 saturated carbocycles. The molecule has 19 heavy (non-hydrogen) atoms. The number of aromatic nitrogens is 3. The molecule has 0 fully saturated rings. The van der Waals surface area contributed by atoms with E-state index >= 15 is 0 Å². The van der Waals surface area contributed by atoms with Crippen molar-refractivity contribution in [1.29, 1.82) is 0 Å². The molecule has 0 saturated heterocycles. The van der Waals surface area contributed by atoms with Gasteiger partial charge in [0.2, 0.25) is 0 Å². The molecule has 1 heterocycles. The van der Waals surface area contributed by atoms with E-state index in [0.29, 0.717) is 11.4 Å². The fraction of sp³-hybridized carbons (Fsp3) is 0.273. The highest BCUT2D eigenvalue weighted by molar-refractivity contribution is 5.61. The standard InChI is InChI=1S/C11H14N6O2/c1-7(11-15-13-6-16(11)2)14-9-3-8(12)4-10(5-9)17(18)19/h3-7,14H,12H2,1-2H3. The van der Waals surface area contributed by atoms with Gasteiger partial charge in [0.1, 0.15) is 6.33 Å². The Kier molecular flexibility index (Phi) is 3.32. The fourth-order valence-corrected chi connectivity index (χ4v) is 1.82. The number of non-ortho nitro benzene ring substituents is 1. The number of rotatable bonds is 4. The lowest BCUT2D eigenvalue weighted by Crippen LogP contribution is -2.12. The van der Waals surface area contributed by atoms with Crippen molar-refractivity contribution in [3.8, 4) is 0 Å². The Morgan fingerprint density at radius 2 is 2.21 bits per heavy atom. The summed E-state index contributed by atoms with van der Waals surface area (Å²) < 4.78 is 1.78. The molecule has 0 amide bonds. The van der Waals surface area contributed by atoms with E-state index in [1.54, 1.807) is 17.0 Å². The molecule has 100 valence electrons. The van der Waals surface area contributed by atoms with Gasteiger partial charge in [0.05, 0.1) is 11.0 Å². The first-order chi connectivity index (χ1) is 8.97. The quantitative estimate of drug-likeness (QED) is 0.490. The van der Waals surface area contributed by atoms with Crippen molar-refractivity contribution in [2.75, 3.05) is 11.1 Å². The average Bonchev–Trinajstić information content (AvgIpc) is 2.74. The summed E-state index contributed by atoms with van der Waals surface area (Å²) in [5, 5.41) is 21.6. The zero-order chi connectivity index (χ0) is 14.0. The number of nitrogens with one attached hydrogen (secondary N) is 1. The smallest absolute Gasteiger partial charge is 0.273 e. The highest BCUT2D eigenvalue weighted by Gasteiger charge is 2.14. The summed E-state index contributed by atoms with van der Waals surface area (Å²) in [4.78, 5) is 10.3. The van der Waals surface area contributed by atoms with E-state index in [0.717, 1.165) is 5.82 Å². The van der Waals surface area contributed by atoms with Crippen LogP contribution in [0.2, 0.25) is 0 Å². The summed E-state index contributed by atoms with van der Waals surface area (Å²) in [5.41, 5.74) is 6.50. The molecule has 0 spiro atoms. The molecular formula is C11H14N6O2. The number of nitrogen functional groups attached to an aromatic ring is 1. The second kappa shape index (κ2) is 4.92. The maximum absolute atomic E-state index is 10.8. The molecule has 8 nitrogen and oxygen atoms in total. The van der Waals surface area contributed by atoms with E-state index in [9.17, 15) is 10.1 Å². The van der Waals surface area contributed by atoms with Crippen LogP contribution in [0.4, 0.5) is 17.1 Å². The first-order valence-electron chi connectivity index (χ1n) is 5.63. The van der Waals surface area contributed by atoms with E-state index in [4.69, 9.17) is 5.73 Å². The van der Waals surface area contributed by atoms with Crippen molar-refractivity contribution in [1.82, 2.24) is 14.8 Å². The van der Waals surface area contributed by atoms with Crippen LogP contribution in [0.5, 0.6) is 0 Å². The maximum atomic E-state index is 10.8. The molecule has 1 unspecified atom stereocenters. The Morgan fingerprint density at radius 1 is 1.47 bits per heavy atom. The fourth-order valence-electron chi connectivity index (χ4n) is 1.82. The summed E-state index contributed by atoms with van der Waals surface area (Å²) in [6.45, 7) is 1.89. The van der Waals surface area contributed by atoms with E-state index in [-0.39, 0.29) is 11.7 Å². The third kappa shape index (κ3) is 2.79. The van der Waals surface area contributed by atoms with Gasteiger partial charge in [-0.1, -0.05) is 0 Å². The Hall–Kier alpha value is -2.64. The van der Waals surface area contributed by atoms with Crippen LogP contribution in [0, 0.1) is 10.1 Å². The van der Waals surface area contributed by atoms with Gasteiger partial charge in [-0.25, -0.2) is 0 Å². The van der Waals surface area contributed by atoms with Gasteiger partial charge in [0.15, 0.2) is 5.82 Å². The predicted octanol–water partition coefficient (Wildman–Crippen LogP) is 1.48. The van der Waals surface area contributed by atoms with Gasteiger partial charge in [-0.2, -0.15) is 0 Å². The van der Waals surface area contributed by atoms with Gasteiger partial charge < -0.3 is 15.6 Å². The molecule has 1 aromatic heterocycles. The van der Waals surface area contributed by atoms with Crippen LogP contribution >= 0.6 is 0 Å². The minimum absolute atomic E-state index is 0.0485. The summed E-state index contributed by atoms with van der Waals surface area (Å²) in [6.07, 6.45) is 1.59. The lowest BCUT2D eigenvalue weighted by molar-refractivity contribution is -0.384. The van der Waals surface area contributed by atoms with Crippen LogP contribution < -0.4 is 11.1 Å². The number of nitrogens with zero attached hydrogens (tertiary/aromatic N) is 4. The molecule has 2 aromatic rings. The van der Waals surface area contributed by atoms with Gasteiger partial charge in [-0.05, 0) is 13.0 Å². The van der Waals surface area contributed by atoms with Crippen molar-refractivity contribution < 1.29 is 4.92 Å². The molecule has 0 aliphatic heterocycles. The number of aryl methyl sites for hydroxylation is 1. The first-order valence-corrected chi connectivity index (χ1v) is 5.63. The number of benzene rings is 1. The SMILES string of the molecule is CC(Nc1cc(N)cc([N+](=O)[O-])c1)c1nncn1C. The average molecular weight is 262 g/mol. The Balaban J connectivity index is 2.24. The van der Waals surface area contributed by atoms with E-state index in [1.165, 1.54) is 12.1 Å². The molecule has 0 bridgehead atoms. The zero-order valence-corrected chi connectivity index (χ0v) is 10.6. The van der Waals surface area contributed by atoms with Gasteiger partial charge in [-0.3, -0.25) is 10.1 Å². The molecule has 3 N–H and O–H groups in total. The Labute approximate surface area is 109 Å². The molecular weight excluding hydrogens is 248 g/mol. The molecule has 2 rings (SSSR count). The lowest BCUT2D eigenvalue weighted by atomic mass is 10.2. The lowest BCUT2D eigenvalue weighted by Gasteiger charge is -2.14. The van der Waals surface area contributed by atoms with E-state index in [2.05, 4.69) is 15.5 Å². The molecule has 1 aromatic carbocycles. The molecule has 1 atom stereocenters. The molecule has 0 radical (unpaired) electrons. The van der Waals surface area contributed by atoms with Crippen LogP contribution in [0.25, 0.3) is 0 Å². The first kappa shape index (κ1) is 12.8. The van der Waals surface area contributed by atoms with Crippen LogP contribution in [-0.4, -0.2) is 19.7 Å². The minimum Gasteiger partial charge on any atom is -0.398 e. The molecule has 0 aliphatic rings. The molecule has 8 heteroatoms. The summed E-state index contributed by atoms with van der Waals surface area (Å²) >= 11 is 0. The molecule has 0 aliphatic carbocycles. The van der Waals surface area contributed by atoms with Crippen molar-refractivity contribution in [3.05, 3.63) is 40.5 Å². The summed E-state index contributed by atoms with van der Waals surface area (Å²) in [6, 6.07) is 4.25. The van der Waals surface area contributed by atoms with Crippen molar-refractivity contribution >= 4 is 17.1 Å². The van der Waals surface area contributed by atoms with E-state index < -0.39 is 4.92 Å². The number of hydrogen-bond acceptors (Lipinski definition) is 6. The third-order valence-corrected chi connectivity index (χ3v) is 2.67. The number of nitrogens with two attached hydrogens (primary N) is 1. The highest BCUT2D eigenvalue weighted by Crippen LogP contribution is 2.25. The summed E-state index contributed by atoms with van der Waals surface area (Å²) in [7, 11) is 1.83. The van der Waals surface area contributed by atoms with Crippen LogP contribution in [0.1, 0.15) is 18.8 Å². The number of hydrogen-bond donors (Lipinski definition) is 2. The topological polar surface area (TPSA) is 112 Å². The van der Waals surface area contributed by atoms with Crippen molar-refractivity contribution in [2.24, 2.45) is 7.05 Å². The van der Waals surface area contributed by atoms with Gasteiger partial charge >= 0.3 is 0 Å². The monoisotopic (exact) mass is 262 g/mol. The number of anilines is 2. The van der Waals surface area contributed by atoms with Gasteiger partial charge in [-0.15, -0.1) is 10.2 Å². The Bertz CT molecular complexity index is 609. The van der Waals surface area contributed by atoms with Gasteiger partial charge in [0.25, 0.3) is 5.69 Å². The van der Waals surface area contributed by atoms with Crippen molar-refractivity contribution in [3.63, 3.8) is 0 Å². The zero-order valence-electron chi connectivity index (χ0n) is 10.6. The maximum Gasteiger partial charge on any atom is 0.273 e. The predicted molar refractivity (Wildman–Crippen MR) is 70.5 cm³/mol. The van der Waals surface area contributed by atoms with Crippen LogP contribution in [0.3, 0.4) is 0 Å². The van der Waals surface area contributed by atoms with Crippen molar-refractivity contribution in [2.45, 2.75) is 13.0 Å². The largest absolute Gasteiger partial charge is 0.398 e. The highest BCUT2D eigenvalue weighted by atomic mass is 16.6. The normalized spacial score (nSPS) is 12.1. The van der Waals surface area contributed by atoms with Crippen LogP contribution in [-0.2, 0) is 7.05 Å². The second-order valence-corrected chi connectivity index (χ2v) is 4.24. The third-order valence-electron chi connectivity index (χ3n) is 2.67. The minimum atomic E-state index is -0.478. The van der Waals surface area contributed by atoms with Gasteiger partial charge in [0, 0.05) is 30.6 Å². The van der Waals surface area contributed by atoms with Crippen LogP contribution in [0.15, 0.2) is 24.5 Å². The van der Waals surface area contributed by atoms with E-state index in [1.807, 2.05) is 14.0 Å². The number of nitro groups is 1. The Morgan fingerprint density at radius 3 is 2.79 bits per heavy atom. The number of nitro benzene ring substituents is 1. The second-order valence-electron chi connectivity index (χ2n) is 4.24. The summed E-state index contributed by atoms with van der Waals surface area (Å²) in [5.74, 6) is 0.727.